The number of nitriles is 1. The molecule has 2 rings (SSSR count). The van der Waals surface area contributed by atoms with Crippen molar-refractivity contribution >= 4 is 17.5 Å². The molecule has 1 aliphatic rings. The number of amides is 1. The lowest BCUT2D eigenvalue weighted by Crippen LogP contribution is -2.55. The van der Waals surface area contributed by atoms with Crippen LogP contribution in [0.1, 0.15) is 33.3 Å². The van der Waals surface area contributed by atoms with E-state index in [-0.39, 0.29) is 23.4 Å². The summed E-state index contributed by atoms with van der Waals surface area (Å²) in [5.41, 5.74) is 0.0346. The molecule has 1 aliphatic heterocycles. The summed E-state index contributed by atoms with van der Waals surface area (Å²) in [6, 6.07) is 6.19. The maximum absolute atomic E-state index is 12.3. The highest BCUT2D eigenvalue weighted by atomic mass is 16.6. The third kappa shape index (κ3) is 4.38. The van der Waals surface area contributed by atoms with Crippen molar-refractivity contribution in [2.45, 2.75) is 39.3 Å². The zero-order valence-corrected chi connectivity index (χ0v) is 14.9. The van der Waals surface area contributed by atoms with Crippen molar-refractivity contribution in [2.75, 3.05) is 24.5 Å². The molecule has 0 aromatic heterocycles. The van der Waals surface area contributed by atoms with Gasteiger partial charge >= 0.3 is 6.09 Å². The van der Waals surface area contributed by atoms with E-state index in [1.807, 2.05) is 38.7 Å². The number of benzene rings is 1. The van der Waals surface area contributed by atoms with E-state index in [1.165, 1.54) is 6.07 Å². The highest BCUT2D eigenvalue weighted by molar-refractivity contribution is 5.70. The number of anilines is 1. The van der Waals surface area contributed by atoms with Gasteiger partial charge in [0.1, 0.15) is 11.3 Å². The van der Waals surface area contributed by atoms with Gasteiger partial charge in [0.15, 0.2) is 0 Å². The van der Waals surface area contributed by atoms with Gasteiger partial charge in [0.25, 0.3) is 5.69 Å². The highest BCUT2D eigenvalue weighted by Gasteiger charge is 2.32. The number of carbonyl (C=O) groups excluding carboxylic acids is 1. The molecule has 1 atom stereocenters. The van der Waals surface area contributed by atoms with Gasteiger partial charge in [0, 0.05) is 31.7 Å². The summed E-state index contributed by atoms with van der Waals surface area (Å²) in [5.74, 6) is 0. The maximum Gasteiger partial charge on any atom is 0.410 e. The zero-order chi connectivity index (χ0) is 18.8. The van der Waals surface area contributed by atoms with Gasteiger partial charge in [-0.3, -0.25) is 10.1 Å². The van der Waals surface area contributed by atoms with E-state index >= 15 is 0 Å². The van der Waals surface area contributed by atoms with Crippen LogP contribution in [0.25, 0.3) is 0 Å². The molecule has 1 heterocycles. The van der Waals surface area contributed by atoms with Crippen LogP contribution >= 0.6 is 0 Å². The Balaban J connectivity index is 2.17. The number of nitro groups is 1. The van der Waals surface area contributed by atoms with Gasteiger partial charge in [-0.25, -0.2) is 4.79 Å². The first-order valence-corrected chi connectivity index (χ1v) is 8.05. The number of ether oxygens (including phenoxy) is 1. The third-order valence-electron chi connectivity index (χ3n) is 3.90. The van der Waals surface area contributed by atoms with Crippen LogP contribution in [-0.4, -0.2) is 47.2 Å². The summed E-state index contributed by atoms with van der Waals surface area (Å²) < 4.78 is 5.40. The number of rotatable bonds is 2. The molecule has 1 aromatic carbocycles. The molecule has 1 aromatic rings. The van der Waals surface area contributed by atoms with Crippen LogP contribution in [0.2, 0.25) is 0 Å². The summed E-state index contributed by atoms with van der Waals surface area (Å²) in [6.07, 6.45) is -0.381. The minimum atomic E-state index is -0.570. The molecular weight excluding hydrogens is 324 g/mol. The minimum absolute atomic E-state index is 0.100. The quantitative estimate of drug-likeness (QED) is 0.603. The Morgan fingerprint density at radius 3 is 2.60 bits per heavy atom. The Kier molecular flexibility index (Phi) is 5.16. The molecule has 1 amide bonds. The van der Waals surface area contributed by atoms with Gasteiger partial charge in [-0.05, 0) is 39.8 Å². The van der Waals surface area contributed by atoms with E-state index in [9.17, 15) is 14.9 Å². The van der Waals surface area contributed by atoms with E-state index in [0.29, 0.717) is 25.3 Å². The van der Waals surface area contributed by atoms with Crippen molar-refractivity contribution in [3.63, 3.8) is 0 Å². The van der Waals surface area contributed by atoms with Crippen molar-refractivity contribution < 1.29 is 14.5 Å². The molecule has 0 bridgehead atoms. The van der Waals surface area contributed by atoms with E-state index in [2.05, 4.69) is 0 Å². The van der Waals surface area contributed by atoms with Crippen LogP contribution in [-0.2, 0) is 4.74 Å². The second-order valence-corrected chi connectivity index (χ2v) is 7.04. The van der Waals surface area contributed by atoms with Gasteiger partial charge in [0.05, 0.1) is 16.6 Å². The second kappa shape index (κ2) is 6.97. The Labute approximate surface area is 146 Å². The van der Waals surface area contributed by atoms with Crippen molar-refractivity contribution in [1.82, 2.24) is 4.90 Å². The largest absolute Gasteiger partial charge is 0.444 e. The Morgan fingerprint density at radius 2 is 2.08 bits per heavy atom. The predicted molar refractivity (Wildman–Crippen MR) is 92.4 cm³/mol. The fourth-order valence-corrected chi connectivity index (χ4v) is 2.77. The highest BCUT2D eigenvalue weighted by Crippen LogP contribution is 2.31. The molecular formula is C17H22N4O4. The van der Waals surface area contributed by atoms with Crippen molar-refractivity contribution in [3.8, 4) is 6.07 Å². The minimum Gasteiger partial charge on any atom is -0.444 e. The summed E-state index contributed by atoms with van der Waals surface area (Å²) in [7, 11) is 0. The Morgan fingerprint density at radius 1 is 1.40 bits per heavy atom. The summed E-state index contributed by atoms with van der Waals surface area (Å²) in [5, 5.41) is 20.3. The van der Waals surface area contributed by atoms with Gasteiger partial charge in [-0.15, -0.1) is 0 Å². The second-order valence-electron chi connectivity index (χ2n) is 7.04. The number of carbonyl (C=O) groups is 1. The third-order valence-corrected chi connectivity index (χ3v) is 3.90. The van der Waals surface area contributed by atoms with Crippen molar-refractivity contribution in [3.05, 3.63) is 33.9 Å². The van der Waals surface area contributed by atoms with Crippen LogP contribution in [0.15, 0.2) is 18.2 Å². The van der Waals surface area contributed by atoms with Crippen LogP contribution in [0.5, 0.6) is 0 Å². The average molecular weight is 346 g/mol. The lowest BCUT2D eigenvalue weighted by atomic mass is 10.1. The normalized spacial score (nSPS) is 17.8. The molecule has 0 saturated carbocycles. The van der Waals surface area contributed by atoms with Gasteiger partial charge in [-0.2, -0.15) is 5.26 Å². The summed E-state index contributed by atoms with van der Waals surface area (Å²) >= 11 is 0. The van der Waals surface area contributed by atoms with Crippen molar-refractivity contribution in [1.29, 1.82) is 5.26 Å². The molecule has 134 valence electrons. The lowest BCUT2D eigenvalue weighted by molar-refractivity contribution is -0.384. The molecule has 1 saturated heterocycles. The van der Waals surface area contributed by atoms with E-state index in [4.69, 9.17) is 10.00 Å². The molecule has 8 heteroatoms. The number of nitro benzene ring substituents is 1. The number of piperazine rings is 1. The Hall–Kier alpha value is -2.82. The van der Waals surface area contributed by atoms with E-state index < -0.39 is 10.5 Å². The molecule has 0 aliphatic carbocycles. The number of hydrogen-bond acceptors (Lipinski definition) is 6. The molecule has 1 fully saturated rings. The van der Waals surface area contributed by atoms with Crippen molar-refractivity contribution in [2.24, 2.45) is 0 Å². The molecule has 0 unspecified atom stereocenters. The fraction of sp³-hybridized carbons (Fsp3) is 0.529. The van der Waals surface area contributed by atoms with Crippen LogP contribution in [0.4, 0.5) is 16.2 Å². The topological polar surface area (TPSA) is 99.7 Å². The molecule has 0 radical (unpaired) electrons. The average Bonchev–Trinajstić information content (AvgIpc) is 2.52. The predicted octanol–water partition coefficient (Wildman–Crippen LogP) is 2.91. The molecule has 0 spiro atoms. The van der Waals surface area contributed by atoms with Gasteiger partial charge in [0.2, 0.25) is 0 Å². The summed E-state index contributed by atoms with van der Waals surface area (Å²) in [4.78, 5) is 26.6. The summed E-state index contributed by atoms with van der Waals surface area (Å²) in [6.45, 7) is 8.63. The fourth-order valence-electron chi connectivity index (χ4n) is 2.77. The first-order chi connectivity index (χ1) is 11.6. The van der Waals surface area contributed by atoms with Gasteiger partial charge in [-0.1, -0.05) is 0 Å². The number of nitrogens with zero attached hydrogens (tertiary/aromatic N) is 4. The monoisotopic (exact) mass is 346 g/mol. The molecule has 8 nitrogen and oxygen atoms in total. The van der Waals surface area contributed by atoms with E-state index in [1.54, 1.807) is 17.0 Å². The van der Waals surface area contributed by atoms with Gasteiger partial charge < -0.3 is 14.5 Å². The van der Waals surface area contributed by atoms with Crippen LogP contribution in [0.3, 0.4) is 0 Å². The standard InChI is InChI=1S/C17H22N4O4/c1-12-11-19(7-8-20(12)16(22)25-17(2,3)4)14-6-5-13(10-18)9-15(14)21(23)24/h5-6,9,12H,7-8,11H2,1-4H3/t12-/m1/s1. The zero-order valence-electron chi connectivity index (χ0n) is 14.9. The molecule has 25 heavy (non-hydrogen) atoms. The lowest BCUT2D eigenvalue weighted by Gasteiger charge is -2.41. The SMILES string of the molecule is C[C@@H]1CN(c2ccc(C#N)cc2[N+](=O)[O-])CCN1C(=O)OC(C)(C)C. The maximum atomic E-state index is 12.3. The first kappa shape index (κ1) is 18.5. The van der Waals surface area contributed by atoms with E-state index in [0.717, 1.165) is 0 Å². The number of hydrogen-bond donors (Lipinski definition) is 0. The smallest absolute Gasteiger partial charge is 0.410 e. The van der Waals surface area contributed by atoms with Crippen LogP contribution in [0, 0.1) is 21.4 Å². The molecule has 0 N–H and O–H groups in total. The Bertz CT molecular complexity index is 720. The van der Waals surface area contributed by atoms with Crippen LogP contribution < -0.4 is 4.90 Å². The first-order valence-electron chi connectivity index (χ1n) is 8.05.